The van der Waals surface area contributed by atoms with E-state index in [0.717, 1.165) is 31.4 Å². The van der Waals surface area contributed by atoms with Crippen LogP contribution in [0, 0.1) is 0 Å². The van der Waals surface area contributed by atoms with Gasteiger partial charge in [0.25, 0.3) is 0 Å². The van der Waals surface area contributed by atoms with E-state index in [-0.39, 0.29) is 6.61 Å². The standard InChI is InChI=1S/C12H20O5/c1-3-4-5-8-16-11(13)6-7-12(14)17-10-9-15-2/h6-7H,3-5,8-10H2,1-2H3/b7-6+. The van der Waals surface area contributed by atoms with Gasteiger partial charge in [-0.15, -0.1) is 0 Å². The zero-order chi connectivity index (χ0) is 12.9. The molecule has 0 fully saturated rings. The van der Waals surface area contributed by atoms with Crippen molar-refractivity contribution in [2.24, 2.45) is 0 Å². The smallest absolute Gasteiger partial charge is 0.331 e. The molecule has 0 aliphatic carbocycles. The van der Waals surface area contributed by atoms with Crippen LogP contribution in [0.4, 0.5) is 0 Å². The fourth-order valence-corrected chi connectivity index (χ4v) is 0.983. The van der Waals surface area contributed by atoms with Gasteiger partial charge in [0.15, 0.2) is 0 Å². The predicted molar refractivity (Wildman–Crippen MR) is 62.5 cm³/mol. The average molecular weight is 244 g/mol. The van der Waals surface area contributed by atoms with Crippen LogP contribution in [0.1, 0.15) is 26.2 Å². The molecule has 0 saturated carbocycles. The molecule has 0 amide bonds. The van der Waals surface area contributed by atoms with Gasteiger partial charge in [-0.3, -0.25) is 0 Å². The maximum absolute atomic E-state index is 11.1. The van der Waals surface area contributed by atoms with Gasteiger partial charge in [0.2, 0.25) is 0 Å². The van der Waals surface area contributed by atoms with E-state index in [4.69, 9.17) is 14.2 Å². The normalized spacial score (nSPS) is 10.5. The van der Waals surface area contributed by atoms with Crippen LogP contribution in [0.5, 0.6) is 0 Å². The summed E-state index contributed by atoms with van der Waals surface area (Å²) >= 11 is 0. The summed E-state index contributed by atoms with van der Waals surface area (Å²) in [5.74, 6) is -1.10. The lowest BCUT2D eigenvalue weighted by molar-refractivity contribution is -0.141. The number of rotatable bonds is 9. The zero-order valence-electron chi connectivity index (χ0n) is 10.4. The van der Waals surface area contributed by atoms with Gasteiger partial charge in [0.05, 0.1) is 13.2 Å². The summed E-state index contributed by atoms with van der Waals surface area (Å²) in [6.45, 7) is 2.96. The summed E-state index contributed by atoms with van der Waals surface area (Å²) in [5, 5.41) is 0. The van der Waals surface area contributed by atoms with Gasteiger partial charge >= 0.3 is 11.9 Å². The molecule has 0 aromatic heterocycles. The Bertz CT molecular complexity index is 247. The van der Waals surface area contributed by atoms with Crippen LogP contribution in [0.25, 0.3) is 0 Å². The largest absolute Gasteiger partial charge is 0.463 e. The van der Waals surface area contributed by atoms with Crippen molar-refractivity contribution in [2.75, 3.05) is 26.9 Å². The maximum Gasteiger partial charge on any atom is 0.331 e. The van der Waals surface area contributed by atoms with E-state index in [1.54, 1.807) is 0 Å². The van der Waals surface area contributed by atoms with Gasteiger partial charge in [0.1, 0.15) is 6.61 Å². The number of carbonyl (C=O) groups is 2. The van der Waals surface area contributed by atoms with E-state index in [2.05, 4.69) is 6.92 Å². The molecule has 0 heterocycles. The molecule has 0 aromatic rings. The van der Waals surface area contributed by atoms with Crippen molar-refractivity contribution in [3.8, 4) is 0 Å². The third-order valence-corrected chi connectivity index (χ3v) is 1.88. The first-order valence-electron chi connectivity index (χ1n) is 5.71. The van der Waals surface area contributed by atoms with Crippen LogP contribution in [0.15, 0.2) is 12.2 Å². The second-order valence-corrected chi connectivity index (χ2v) is 3.37. The molecule has 0 unspecified atom stereocenters. The number of methoxy groups -OCH3 is 1. The van der Waals surface area contributed by atoms with E-state index in [9.17, 15) is 9.59 Å². The first kappa shape index (κ1) is 15.6. The summed E-state index contributed by atoms with van der Waals surface area (Å²) in [4.78, 5) is 22.1. The van der Waals surface area contributed by atoms with Gasteiger partial charge in [0, 0.05) is 19.3 Å². The van der Waals surface area contributed by atoms with Gasteiger partial charge < -0.3 is 14.2 Å². The van der Waals surface area contributed by atoms with E-state index >= 15 is 0 Å². The summed E-state index contributed by atoms with van der Waals surface area (Å²) in [6.07, 6.45) is 5.06. The number of unbranched alkanes of at least 4 members (excludes halogenated alkanes) is 2. The Labute approximate surface area is 102 Å². The lowest BCUT2D eigenvalue weighted by Crippen LogP contribution is -2.08. The minimum Gasteiger partial charge on any atom is -0.463 e. The topological polar surface area (TPSA) is 61.8 Å². The summed E-state index contributed by atoms with van der Waals surface area (Å²) < 4.78 is 14.3. The van der Waals surface area contributed by atoms with Crippen molar-refractivity contribution in [1.29, 1.82) is 0 Å². The average Bonchev–Trinajstić information content (AvgIpc) is 2.32. The minimum absolute atomic E-state index is 0.172. The van der Waals surface area contributed by atoms with Crippen LogP contribution in [-0.2, 0) is 23.8 Å². The lowest BCUT2D eigenvalue weighted by atomic mass is 10.3. The Kier molecular flexibility index (Phi) is 10.2. The molecule has 98 valence electrons. The van der Waals surface area contributed by atoms with Crippen LogP contribution < -0.4 is 0 Å². The quantitative estimate of drug-likeness (QED) is 0.349. The van der Waals surface area contributed by atoms with Crippen LogP contribution in [-0.4, -0.2) is 38.9 Å². The van der Waals surface area contributed by atoms with E-state index in [1.807, 2.05) is 0 Å². The predicted octanol–water partition coefficient (Wildman–Crippen LogP) is 1.47. The highest BCUT2D eigenvalue weighted by Gasteiger charge is 2.00. The monoisotopic (exact) mass is 244 g/mol. The Hall–Kier alpha value is -1.36. The highest BCUT2D eigenvalue weighted by molar-refractivity contribution is 5.91. The van der Waals surface area contributed by atoms with Crippen molar-refractivity contribution in [3.05, 3.63) is 12.2 Å². The fourth-order valence-electron chi connectivity index (χ4n) is 0.983. The summed E-state index contributed by atoms with van der Waals surface area (Å²) in [5.41, 5.74) is 0. The highest BCUT2D eigenvalue weighted by Crippen LogP contribution is 1.95. The van der Waals surface area contributed by atoms with E-state index < -0.39 is 11.9 Å². The van der Waals surface area contributed by atoms with Crippen molar-refractivity contribution < 1.29 is 23.8 Å². The molecule has 5 nitrogen and oxygen atoms in total. The minimum atomic E-state index is -0.576. The van der Waals surface area contributed by atoms with Gasteiger partial charge in [-0.05, 0) is 6.42 Å². The molecule has 0 aromatic carbocycles. The van der Waals surface area contributed by atoms with Gasteiger partial charge in [-0.2, -0.15) is 0 Å². The number of esters is 2. The zero-order valence-corrected chi connectivity index (χ0v) is 10.4. The SMILES string of the molecule is CCCCCOC(=O)/C=C/C(=O)OCCOC. The molecule has 0 bridgehead atoms. The molecule has 0 aliphatic heterocycles. The lowest BCUT2D eigenvalue weighted by Gasteiger charge is -2.01. The maximum atomic E-state index is 11.1. The van der Waals surface area contributed by atoms with Crippen LogP contribution >= 0.6 is 0 Å². The molecule has 0 rings (SSSR count). The van der Waals surface area contributed by atoms with Crippen molar-refractivity contribution in [2.45, 2.75) is 26.2 Å². The highest BCUT2D eigenvalue weighted by atomic mass is 16.6. The third kappa shape index (κ3) is 10.9. The second-order valence-electron chi connectivity index (χ2n) is 3.37. The first-order chi connectivity index (χ1) is 8.20. The molecule has 0 radical (unpaired) electrons. The molecular weight excluding hydrogens is 224 g/mol. The molecule has 0 saturated heterocycles. The van der Waals surface area contributed by atoms with Crippen molar-refractivity contribution >= 4 is 11.9 Å². The molecule has 17 heavy (non-hydrogen) atoms. The number of hydrogen-bond donors (Lipinski definition) is 0. The number of ether oxygens (including phenoxy) is 3. The Morgan fingerprint density at radius 1 is 0.941 bits per heavy atom. The Morgan fingerprint density at radius 2 is 1.53 bits per heavy atom. The third-order valence-electron chi connectivity index (χ3n) is 1.88. The van der Waals surface area contributed by atoms with E-state index in [0.29, 0.717) is 13.2 Å². The molecule has 0 aliphatic rings. The second kappa shape index (κ2) is 11.1. The Balaban J connectivity index is 3.60. The van der Waals surface area contributed by atoms with Crippen LogP contribution in [0.3, 0.4) is 0 Å². The van der Waals surface area contributed by atoms with Gasteiger partial charge in [-0.25, -0.2) is 9.59 Å². The number of hydrogen-bond acceptors (Lipinski definition) is 5. The molecule has 5 heteroatoms. The molecule has 0 N–H and O–H groups in total. The van der Waals surface area contributed by atoms with Crippen LogP contribution in [0.2, 0.25) is 0 Å². The number of carbonyl (C=O) groups excluding carboxylic acids is 2. The van der Waals surface area contributed by atoms with Gasteiger partial charge in [-0.1, -0.05) is 19.8 Å². The first-order valence-corrected chi connectivity index (χ1v) is 5.71. The van der Waals surface area contributed by atoms with Crippen molar-refractivity contribution in [3.63, 3.8) is 0 Å². The van der Waals surface area contributed by atoms with Crippen molar-refractivity contribution in [1.82, 2.24) is 0 Å². The summed E-state index contributed by atoms with van der Waals surface area (Å²) in [6, 6.07) is 0. The van der Waals surface area contributed by atoms with E-state index in [1.165, 1.54) is 7.11 Å². The Morgan fingerprint density at radius 3 is 2.06 bits per heavy atom. The summed E-state index contributed by atoms with van der Waals surface area (Å²) in [7, 11) is 1.51. The fraction of sp³-hybridized carbons (Fsp3) is 0.667. The molecular formula is C12H20O5. The molecule has 0 atom stereocenters. The molecule has 0 spiro atoms.